The van der Waals surface area contributed by atoms with Gasteiger partial charge >= 0.3 is 7.12 Å². The highest BCUT2D eigenvalue weighted by atomic mass is 16.7. The Kier molecular flexibility index (Phi) is 4.76. The highest BCUT2D eigenvalue weighted by Crippen LogP contribution is 2.36. The van der Waals surface area contributed by atoms with E-state index >= 15 is 0 Å². The number of rotatable bonds is 2. The van der Waals surface area contributed by atoms with Gasteiger partial charge in [0.1, 0.15) is 6.07 Å². The number of hydrogen-bond donors (Lipinski definition) is 0. The van der Waals surface area contributed by atoms with E-state index in [0.717, 1.165) is 24.2 Å². The first-order valence-electron chi connectivity index (χ1n) is 9.05. The Labute approximate surface area is 155 Å². The fourth-order valence-electron chi connectivity index (χ4n) is 3.31. The van der Waals surface area contributed by atoms with Gasteiger partial charge in [-0.05, 0) is 45.3 Å². The van der Waals surface area contributed by atoms with Gasteiger partial charge in [0.15, 0.2) is 0 Å². The lowest BCUT2D eigenvalue weighted by Crippen LogP contribution is -2.48. The molecule has 0 radical (unpaired) electrons. The van der Waals surface area contributed by atoms with E-state index in [1.807, 2.05) is 50.8 Å². The van der Waals surface area contributed by atoms with E-state index in [1.165, 1.54) is 0 Å². The van der Waals surface area contributed by atoms with Crippen molar-refractivity contribution >= 4 is 24.2 Å². The molecule has 0 atom stereocenters. The molecule has 6 nitrogen and oxygen atoms in total. The lowest BCUT2D eigenvalue weighted by molar-refractivity contribution is -0.129. The fraction of sp³-hybridized carbons (Fsp3) is 0.579. The molecule has 2 fully saturated rings. The second-order valence-corrected chi connectivity index (χ2v) is 7.97. The van der Waals surface area contributed by atoms with Gasteiger partial charge in [0.05, 0.1) is 22.5 Å². The van der Waals surface area contributed by atoms with Crippen LogP contribution in [0.25, 0.3) is 0 Å². The highest BCUT2D eigenvalue weighted by molar-refractivity contribution is 6.62. The van der Waals surface area contributed by atoms with Crippen LogP contribution >= 0.6 is 0 Å². The van der Waals surface area contributed by atoms with Crippen molar-refractivity contribution in [1.29, 1.82) is 5.26 Å². The average molecular weight is 355 g/mol. The summed E-state index contributed by atoms with van der Waals surface area (Å²) in [5, 5.41) is 9.64. The maximum atomic E-state index is 11.5. The number of hydrogen-bond acceptors (Lipinski definition) is 5. The number of amides is 1. The summed E-state index contributed by atoms with van der Waals surface area (Å²) in [6.45, 7) is 12.5. The van der Waals surface area contributed by atoms with Gasteiger partial charge in [-0.1, -0.05) is 6.07 Å². The number of nitriles is 1. The minimum atomic E-state index is -0.476. The van der Waals surface area contributed by atoms with Crippen molar-refractivity contribution in [1.82, 2.24) is 4.90 Å². The summed E-state index contributed by atoms with van der Waals surface area (Å²) in [6.07, 6.45) is 0. The van der Waals surface area contributed by atoms with Crippen molar-refractivity contribution in [2.75, 3.05) is 31.1 Å². The Morgan fingerprint density at radius 2 is 1.69 bits per heavy atom. The van der Waals surface area contributed by atoms with Crippen LogP contribution in [-0.2, 0) is 14.1 Å². The zero-order chi connectivity index (χ0) is 19.1. The second-order valence-electron chi connectivity index (χ2n) is 7.97. The monoisotopic (exact) mass is 355 g/mol. The molecule has 7 heteroatoms. The summed E-state index contributed by atoms with van der Waals surface area (Å²) in [5.74, 6) is 0.0984. The summed E-state index contributed by atoms with van der Waals surface area (Å²) < 4.78 is 12.2. The number of benzene rings is 1. The molecule has 0 spiro atoms. The maximum absolute atomic E-state index is 11.5. The third kappa shape index (κ3) is 3.32. The quantitative estimate of drug-likeness (QED) is 0.753. The predicted molar refractivity (Wildman–Crippen MR) is 101 cm³/mol. The smallest absolute Gasteiger partial charge is 0.399 e. The summed E-state index contributed by atoms with van der Waals surface area (Å²) in [6, 6.07) is 8.08. The SMILES string of the molecule is CC(=O)N1CCN(c2ccc(B3OC(C)(C)C(C)(C)O3)cc2C#N)CC1. The molecule has 1 amide bonds. The molecule has 0 bridgehead atoms. The zero-order valence-corrected chi connectivity index (χ0v) is 16.2. The van der Waals surface area contributed by atoms with Crippen LogP contribution in [0.2, 0.25) is 0 Å². The average Bonchev–Trinajstić information content (AvgIpc) is 2.82. The minimum absolute atomic E-state index is 0.0984. The third-order valence-corrected chi connectivity index (χ3v) is 5.73. The normalized spacial score (nSPS) is 21.6. The molecule has 0 aliphatic carbocycles. The largest absolute Gasteiger partial charge is 0.494 e. The van der Waals surface area contributed by atoms with Crippen molar-refractivity contribution in [3.8, 4) is 6.07 Å². The van der Waals surface area contributed by atoms with E-state index < -0.39 is 18.3 Å². The molecule has 138 valence electrons. The van der Waals surface area contributed by atoms with Crippen LogP contribution in [0, 0.1) is 11.3 Å². The van der Waals surface area contributed by atoms with Gasteiger partial charge < -0.3 is 19.1 Å². The summed E-state index contributed by atoms with van der Waals surface area (Å²) in [7, 11) is -0.476. The lowest BCUT2D eigenvalue weighted by atomic mass is 9.78. The summed E-state index contributed by atoms with van der Waals surface area (Å²) in [4.78, 5) is 15.5. The highest BCUT2D eigenvalue weighted by Gasteiger charge is 2.51. The van der Waals surface area contributed by atoms with Crippen LogP contribution in [0.15, 0.2) is 18.2 Å². The number of carbonyl (C=O) groups is 1. The van der Waals surface area contributed by atoms with Crippen molar-refractivity contribution in [2.24, 2.45) is 0 Å². The Balaban J connectivity index is 1.80. The zero-order valence-electron chi connectivity index (χ0n) is 16.2. The number of nitrogens with zero attached hydrogens (tertiary/aromatic N) is 3. The number of piperazine rings is 1. The lowest BCUT2D eigenvalue weighted by Gasteiger charge is -2.36. The molecular weight excluding hydrogens is 329 g/mol. The minimum Gasteiger partial charge on any atom is -0.399 e. The Hall–Kier alpha value is -2.04. The van der Waals surface area contributed by atoms with E-state index in [1.54, 1.807) is 6.92 Å². The van der Waals surface area contributed by atoms with Crippen LogP contribution in [-0.4, -0.2) is 55.3 Å². The standard InChI is InChI=1S/C19H26BN3O3/c1-14(24)22-8-10-23(11-9-22)17-7-6-16(12-15(17)13-21)20-25-18(2,3)19(4,5)26-20/h6-7,12H,8-11H2,1-5H3. The maximum Gasteiger partial charge on any atom is 0.494 e. The van der Waals surface area contributed by atoms with Crippen LogP contribution in [0.4, 0.5) is 5.69 Å². The molecule has 0 N–H and O–H groups in total. The first kappa shape index (κ1) is 18.7. The van der Waals surface area contributed by atoms with Crippen LogP contribution in [0.5, 0.6) is 0 Å². The second kappa shape index (κ2) is 6.60. The first-order valence-corrected chi connectivity index (χ1v) is 9.05. The molecule has 2 heterocycles. The molecule has 2 saturated heterocycles. The summed E-state index contributed by atoms with van der Waals surface area (Å²) >= 11 is 0. The van der Waals surface area contributed by atoms with E-state index in [9.17, 15) is 10.1 Å². The van der Waals surface area contributed by atoms with Gasteiger partial charge in [-0.2, -0.15) is 5.26 Å². The van der Waals surface area contributed by atoms with Crippen molar-refractivity contribution in [3.05, 3.63) is 23.8 Å². The van der Waals surface area contributed by atoms with Crippen LogP contribution in [0.1, 0.15) is 40.2 Å². The van der Waals surface area contributed by atoms with E-state index in [0.29, 0.717) is 18.7 Å². The van der Waals surface area contributed by atoms with E-state index in [-0.39, 0.29) is 5.91 Å². The van der Waals surface area contributed by atoms with Gasteiger partial charge in [0, 0.05) is 33.1 Å². The van der Waals surface area contributed by atoms with Crippen LogP contribution in [0.3, 0.4) is 0 Å². The molecule has 1 aromatic carbocycles. The van der Waals surface area contributed by atoms with Gasteiger partial charge in [-0.3, -0.25) is 4.79 Å². The molecule has 0 unspecified atom stereocenters. The van der Waals surface area contributed by atoms with Crippen LogP contribution < -0.4 is 10.4 Å². The first-order chi connectivity index (χ1) is 12.1. The molecule has 1 aromatic rings. The Morgan fingerprint density at radius 3 is 2.19 bits per heavy atom. The summed E-state index contributed by atoms with van der Waals surface area (Å²) in [5.41, 5.74) is 1.54. The van der Waals surface area contributed by atoms with Crippen molar-refractivity contribution < 1.29 is 14.1 Å². The number of anilines is 1. The fourth-order valence-corrected chi connectivity index (χ4v) is 3.31. The molecule has 2 aliphatic heterocycles. The van der Waals surface area contributed by atoms with E-state index in [4.69, 9.17) is 9.31 Å². The Morgan fingerprint density at radius 1 is 1.12 bits per heavy atom. The third-order valence-electron chi connectivity index (χ3n) is 5.73. The van der Waals surface area contributed by atoms with Gasteiger partial charge in [0.2, 0.25) is 5.91 Å². The molecule has 2 aliphatic rings. The van der Waals surface area contributed by atoms with Gasteiger partial charge in [0.25, 0.3) is 0 Å². The van der Waals surface area contributed by atoms with Crippen molar-refractivity contribution in [3.63, 3.8) is 0 Å². The van der Waals surface area contributed by atoms with Crippen molar-refractivity contribution in [2.45, 2.75) is 45.8 Å². The number of carbonyl (C=O) groups excluding carboxylic acids is 1. The van der Waals surface area contributed by atoms with Gasteiger partial charge in [-0.15, -0.1) is 0 Å². The molecule has 26 heavy (non-hydrogen) atoms. The molecule has 0 aromatic heterocycles. The molecule has 3 rings (SSSR count). The predicted octanol–water partition coefficient (Wildman–Crippen LogP) is 1.53. The Bertz CT molecular complexity index is 733. The van der Waals surface area contributed by atoms with E-state index in [2.05, 4.69) is 11.0 Å². The topological polar surface area (TPSA) is 65.8 Å². The molecule has 0 saturated carbocycles. The molecular formula is C19H26BN3O3. The van der Waals surface area contributed by atoms with Gasteiger partial charge in [-0.25, -0.2) is 0 Å².